The number of carbonyl (C=O) groups is 1. The average Bonchev–Trinajstić information content (AvgIpc) is 3.18. The van der Waals surface area contributed by atoms with Crippen LogP contribution < -0.4 is 0 Å². The molecule has 0 bridgehead atoms. The lowest BCUT2D eigenvalue weighted by atomic mass is 10.0. The molecule has 0 saturated carbocycles. The summed E-state index contributed by atoms with van der Waals surface area (Å²) in [6.45, 7) is 7.77. The summed E-state index contributed by atoms with van der Waals surface area (Å²) >= 11 is 0. The predicted molar refractivity (Wildman–Crippen MR) is 107 cm³/mol. The second-order valence-corrected chi connectivity index (χ2v) is 7.42. The Hall–Kier alpha value is -2.60. The number of benzene rings is 1. The predicted octanol–water partition coefficient (Wildman–Crippen LogP) is 3.49. The number of aryl methyl sites for hydroxylation is 3. The number of amides is 1. The molecule has 1 aromatic carbocycles. The van der Waals surface area contributed by atoms with Gasteiger partial charge in [-0.3, -0.25) is 9.48 Å². The van der Waals surface area contributed by atoms with Gasteiger partial charge in [0, 0.05) is 42.2 Å². The third kappa shape index (κ3) is 3.11. The van der Waals surface area contributed by atoms with Gasteiger partial charge in [0.1, 0.15) is 11.3 Å². The number of ether oxygens (including phenoxy) is 1. The molecule has 148 valence electrons. The number of morpholine rings is 1. The Morgan fingerprint density at radius 3 is 2.79 bits per heavy atom. The second kappa shape index (κ2) is 7.43. The fourth-order valence-electron chi connectivity index (χ4n) is 4.30. The molecule has 0 aliphatic carbocycles. The Bertz CT molecular complexity index is 1020. The summed E-state index contributed by atoms with van der Waals surface area (Å²) in [7, 11) is 1.94. The van der Waals surface area contributed by atoms with Crippen LogP contribution in [0.2, 0.25) is 0 Å². The van der Waals surface area contributed by atoms with E-state index in [1.54, 1.807) is 0 Å². The monoisotopic (exact) mass is 381 g/mol. The SMILES string of the molecule is CCc1oc2ccccc2c1CC(=O)N1CCOCC1c1c(C)nn(C)c1C. The lowest BCUT2D eigenvalue weighted by molar-refractivity contribution is -0.139. The summed E-state index contributed by atoms with van der Waals surface area (Å²) in [5.41, 5.74) is 4.99. The summed E-state index contributed by atoms with van der Waals surface area (Å²) in [5, 5.41) is 5.57. The van der Waals surface area contributed by atoms with Crippen LogP contribution in [0.15, 0.2) is 28.7 Å². The minimum atomic E-state index is -0.0989. The van der Waals surface area contributed by atoms with Gasteiger partial charge in [0.2, 0.25) is 5.91 Å². The molecule has 1 saturated heterocycles. The molecule has 0 radical (unpaired) electrons. The summed E-state index contributed by atoms with van der Waals surface area (Å²) in [6, 6.07) is 7.85. The van der Waals surface area contributed by atoms with Crippen molar-refractivity contribution in [1.82, 2.24) is 14.7 Å². The Kier molecular flexibility index (Phi) is 4.98. The maximum Gasteiger partial charge on any atom is 0.227 e. The van der Waals surface area contributed by atoms with Gasteiger partial charge in [-0.2, -0.15) is 5.10 Å². The van der Waals surface area contributed by atoms with Crippen LogP contribution in [-0.4, -0.2) is 40.3 Å². The molecule has 28 heavy (non-hydrogen) atoms. The second-order valence-electron chi connectivity index (χ2n) is 7.42. The molecule has 4 rings (SSSR count). The maximum absolute atomic E-state index is 13.4. The molecule has 1 aliphatic heterocycles. The van der Waals surface area contributed by atoms with E-state index in [-0.39, 0.29) is 11.9 Å². The zero-order chi connectivity index (χ0) is 19.8. The molecule has 1 atom stereocenters. The van der Waals surface area contributed by atoms with Crippen molar-refractivity contribution in [2.24, 2.45) is 7.05 Å². The van der Waals surface area contributed by atoms with Crippen molar-refractivity contribution in [3.63, 3.8) is 0 Å². The van der Waals surface area contributed by atoms with Crippen LogP contribution in [0.5, 0.6) is 0 Å². The van der Waals surface area contributed by atoms with Crippen molar-refractivity contribution in [2.45, 2.75) is 39.7 Å². The van der Waals surface area contributed by atoms with Crippen molar-refractivity contribution < 1.29 is 13.9 Å². The van der Waals surface area contributed by atoms with Crippen LogP contribution in [-0.2, 0) is 29.4 Å². The molecule has 0 N–H and O–H groups in total. The van der Waals surface area contributed by atoms with Crippen molar-refractivity contribution in [3.8, 4) is 0 Å². The minimum Gasteiger partial charge on any atom is -0.461 e. The molecule has 1 amide bonds. The number of furan rings is 1. The number of rotatable bonds is 4. The van der Waals surface area contributed by atoms with E-state index >= 15 is 0 Å². The van der Waals surface area contributed by atoms with Crippen molar-refractivity contribution >= 4 is 16.9 Å². The number of hydrogen-bond acceptors (Lipinski definition) is 4. The van der Waals surface area contributed by atoms with Gasteiger partial charge in [-0.25, -0.2) is 0 Å². The van der Waals surface area contributed by atoms with E-state index in [9.17, 15) is 4.79 Å². The first-order valence-corrected chi connectivity index (χ1v) is 9.87. The minimum absolute atomic E-state index is 0.0989. The lowest BCUT2D eigenvalue weighted by Crippen LogP contribution is -2.44. The average molecular weight is 381 g/mol. The standard InChI is InChI=1S/C22H27N3O3/c1-5-19-17(16-8-6-7-9-20(16)28-19)12-21(26)25-10-11-27-13-18(25)22-14(2)23-24(4)15(22)3/h6-9,18H,5,10-13H2,1-4H3. The van der Waals surface area contributed by atoms with Crippen LogP contribution >= 0.6 is 0 Å². The van der Waals surface area contributed by atoms with Crippen LogP contribution in [0.3, 0.4) is 0 Å². The van der Waals surface area contributed by atoms with E-state index in [2.05, 4.69) is 12.0 Å². The maximum atomic E-state index is 13.4. The van der Waals surface area contributed by atoms with E-state index in [1.807, 2.05) is 54.7 Å². The largest absolute Gasteiger partial charge is 0.461 e. The summed E-state index contributed by atoms with van der Waals surface area (Å²) in [6.07, 6.45) is 1.11. The van der Waals surface area contributed by atoms with Gasteiger partial charge < -0.3 is 14.1 Å². The number of carbonyl (C=O) groups excluding carboxylic acids is 1. The van der Waals surface area contributed by atoms with Crippen molar-refractivity contribution in [1.29, 1.82) is 0 Å². The number of hydrogen-bond donors (Lipinski definition) is 0. The lowest BCUT2D eigenvalue weighted by Gasteiger charge is -2.36. The number of nitrogens with zero attached hydrogens (tertiary/aromatic N) is 3. The molecule has 3 aromatic rings. The highest BCUT2D eigenvalue weighted by atomic mass is 16.5. The summed E-state index contributed by atoms with van der Waals surface area (Å²) in [4.78, 5) is 15.4. The third-order valence-electron chi connectivity index (χ3n) is 5.78. The molecule has 0 spiro atoms. The fourth-order valence-corrected chi connectivity index (χ4v) is 4.30. The van der Waals surface area contributed by atoms with Crippen molar-refractivity contribution in [3.05, 3.63) is 52.5 Å². The third-order valence-corrected chi connectivity index (χ3v) is 5.78. The first-order valence-electron chi connectivity index (χ1n) is 9.87. The number of fused-ring (bicyclic) bond motifs is 1. The molecular formula is C22H27N3O3. The van der Waals surface area contributed by atoms with E-state index in [1.165, 1.54) is 0 Å². The highest BCUT2D eigenvalue weighted by Crippen LogP contribution is 2.32. The van der Waals surface area contributed by atoms with Crippen molar-refractivity contribution in [2.75, 3.05) is 19.8 Å². The van der Waals surface area contributed by atoms with Gasteiger partial charge in [0.25, 0.3) is 0 Å². The van der Waals surface area contributed by atoms with Crippen LogP contribution in [0.4, 0.5) is 0 Å². The van der Waals surface area contributed by atoms with Gasteiger partial charge in [0.15, 0.2) is 0 Å². The van der Waals surface area contributed by atoms with E-state index in [4.69, 9.17) is 9.15 Å². The molecule has 6 heteroatoms. The van der Waals surface area contributed by atoms with Gasteiger partial charge in [-0.15, -0.1) is 0 Å². The number of aromatic nitrogens is 2. The first-order chi connectivity index (χ1) is 13.5. The van der Waals surface area contributed by atoms with E-state index in [0.717, 1.165) is 45.7 Å². The van der Waals surface area contributed by atoms with Crippen LogP contribution in [0.25, 0.3) is 11.0 Å². The van der Waals surface area contributed by atoms with Gasteiger partial charge in [-0.05, 0) is 19.9 Å². The molecule has 1 aliphatic rings. The van der Waals surface area contributed by atoms with E-state index in [0.29, 0.717) is 26.2 Å². The normalized spacial score (nSPS) is 17.4. The topological polar surface area (TPSA) is 60.5 Å². The quantitative estimate of drug-likeness (QED) is 0.694. The summed E-state index contributed by atoms with van der Waals surface area (Å²) in [5.74, 6) is 1.00. The summed E-state index contributed by atoms with van der Waals surface area (Å²) < 4.78 is 13.6. The Morgan fingerprint density at radius 2 is 2.07 bits per heavy atom. The Morgan fingerprint density at radius 1 is 1.29 bits per heavy atom. The zero-order valence-electron chi connectivity index (χ0n) is 17.0. The smallest absolute Gasteiger partial charge is 0.227 e. The Labute approximate surface area is 165 Å². The fraction of sp³-hybridized carbons (Fsp3) is 0.455. The molecule has 6 nitrogen and oxygen atoms in total. The van der Waals surface area contributed by atoms with Crippen LogP contribution in [0, 0.1) is 13.8 Å². The van der Waals surface area contributed by atoms with Crippen LogP contribution in [0.1, 0.15) is 41.2 Å². The molecule has 1 unspecified atom stereocenters. The van der Waals surface area contributed by atoms with E-state index < -0.39 is 0 Å². The van der Waals surface area contributed by atoms with Gasteiger partial charge in [-0.1, -0.05) is 25.1 Å². The Balaban J connectivity index is 1.67. The molecule has 2 aromatic heterocycles. The van der Waals surface area contributed by atoms with Gasteiger partial charge in [0.05, 0.1) is 31.4 Å². The molecule has 3 heterocycles. The molecule has 1 fully saturated rings. The zero-order valence-corrected chi connectivity index (χ0v) is 17.0. The first kappa shape index (κ1) is 18.7. The number of para-hydroxylation sites is 1. The highest BCUT2D eigenvalue weighted by Gasteiger charge is 2.33. The highest BCUT2D eigenvalue weighted by molar-refractivity contribution is 5.89. The van der Waals surface area contributed by atoms with Gasteiger partial charge >= 0.3 is 0 Å². The molecular weight excluding hydrogens is 354 g/mol.